The normalized spacial score (nSPS) is 11.0. The molecule has 0 atom stereocenters. The van der Waals surface area contributed by atoms with Crippen molar-refractivity contribution < 1.29 is 49.0 Å². The summed E-state index contributed by atoms with van der Waals surface area (Å²) in [6.07, 6.45) is 2.72. The van der Waals surface area contributed by atoms with Gasteiger partial charge in [-0.05, 0) is 48.9 Å². The number of carboxylic acid groups (broad SMARTS) is 2. The van der Waals surface area contributed by atoms with E-state index in [9.17, 15) is 19.8 Å². The molecule has 0 aromatic heterocycles. The van der Waals surface area contributed by atoms with Gasteiger partial charge in [0.25, 0.3) is 0 Å². The molecular formula is C20H30O10. The van der Waals surface area contributed by atoms with Crippen molar-refractivity contribution in [2.24, 2.45) is 0 Å². The van der Waals surface area contributed by atoms with E-state index in [-0.39, 0.29) is 37.9 Å². The molecule has 1 aromatic rings. The Bertz CT molecular complexity index is 595. The maximum Gasteiger partial charge on any atom is 0.336 e. The van der Waals surface area contributed by atoms with Crippen LogP contribution in [-0.4, -0.2) is 72.4 Å². The number of rotatable bonds is 18. The molecule has 0 spiro atoms. The van der Waals surface area contributed by atoms with Crippen LogP contribution in [0.4, 0.5) is 0 Å². The van der Waals surface area contributed by atoms with Crippen LogP contribution in [0, 0.1) is 0 Å². The summed E-state index contributed by atoms with van der Waals surface area (Å²) in [6, 6.07) is 2.63. The van der Waals surface area contributed by atoms with Crippen molar-refractivity contribution in [1.82, 2.24) is 0 Å². The minimum absolute atomic E-state index is 0.0217. The van der Waals surface area contributed by atoms with E-state index in [0.717, 1.165) is 6.07 Å². The summed E-state index contributed by atoms with van der Waals surface area (Å²) in [5.74, 6) is -2.47. The van der Waals surface area contributed by atoms with Gasteiger partial charge in [-0.2, -0.15) is 0 Å². The summed E-state index contributed by atoms with van der Waals surface area (Å²) in [5.41, 5.74) is 0.491. The molecule has 170 valence electrons. The van der Waals surface area contributed by atoms with E-state index in [1.54, 1.807) is 0 Å². The van der Waals surface area contributed by atoms with Gasteiger partial charge in [0.1, 0.15) is 13.6 Å². The van der Waals surface area contributed by atoms with Crippen molar-refractivity contribution >= 4 is 11.9 Å². The molecule has 0 unspecified atom stereocenters. The highest BCUT2D eigenvalue weighted by Gasteiger charge is 2.19. The van der Waals surface area contributed by atoms with Gasteiger partial charge in [-0.3, -0.25) is 0 Å². The average Bonchev–Trinajstić information content (AvgIpc) is 2.72. The zero-order valence-corrected chi connectivity index (χ0v) is 16.9. The second-order valence-corrected chi connectivity index (χ2v) is 6.37. The molecule has 0 saturated carbocycles. The van der Waals surface area contributed by atoms with Crippen LogP contribution in [0.15, 0.2) is 12.1 Å². The highest BCUT2D eigenvalue weighted by molar-refractivity contribution is 5.96. The number of ether oxygens (including phenoxy) is 4. The summed E-state index contributed by atoms with van der Waals surface area (Å²) in [7, 11) is 0. The third-order valence-electron chi connectivity index (χ3n) is 4.14. The first-order chi connectivity index (χ1) is 14.5. The predicted octanol–water partition coefficient (Wildman–Crippen LogP) is 1.61. The zero-order valence-electron chi connectivity index (χ0n) is 16.9. The molecule has 30 heavy (non-hydrogen) atoms. The number of hydrogen-bond acceptors (Lipinski definition) is 8. The smallest absolute Gasteiger partial charge is 0.336 e. The Labute approximate surface area is 174 Å². The Hall–Kier alpha value is -2.08. The maximum absolute atomic E-state index is 11.6. The lowest BCUT2D eigenvalue weighted by Gasteiger charge is -2.13. The number of aliphatic hydroxyl groups is 2. The molecule has 0 amide bonds. The van der Waals surface area contributed by atoms with Crippen molar-refractivity contribution in [3.63, 3.8) is 0 Å². The van der Waals surface area contributed by atoms with E-state index >= 15 is 0 Å². The molecule has 10 heteroatoms. The van der Waals surface area contributed by atoms with Crippen LogP contribution < -0.4 is 0 Å². The van der Waals surface area contributed by atoms with E-state index in [0.29, 0.717) is 63.2 Å². The van der Waals surface area contributed by atoms with E-state index in [4.69, 9.17) is 29.2 Å². The van der Waals surface area contributed by atoms with Gasteiger partial charge in [-0.25, -0.2) is 9.59 Å². The molecule has 0 bridgehead atoms. The third kappa shape index (κ3) is 10.1. The van der Waals surface area contributed by atoms with Crippen LogP contribution in [0.5, 0.6) is 0 Å². The largest absolute Gasteiger partial charge is 0.478 e. The highest BCUT2D eigenvalue weighted by Crippen LogP contribution is 2.20. The minimum atomic E-state index is -1.23. The van der Waals surface area contributed by atoms with Gasteiger partial charge < -0.3 is 39.4 Å². The fourth-order valence-electron chi connectivity index (χ4n) is 2.64. The lowest BCUT2D eigenvalue weighted by atomic mass is 9.98. The molecule has 1 rings (SSSR count). The zero-order chi connectivity index (χ0) is 22.2. The molecule has 0 fully saturated rings. The molecule has 0 heterocycles. The number of aliphatic hydroxyl groups excluding tert-OH is 2. The monoisotopic (exact) mass is 430 g/mol. The Morgan fingerprint density at radius 2 is 1.00 bits per heavy atom. The topological polar surface area (TPSA) is 152 Å². The predicted molar refractivity (Wildman–Crippen MR) is 104 cm³/mol. The number of carbonyl (C=O) groups is 2. The summed E-state index contributed by atoms with van der Waals surface area (Å²) < 4.78 is 20.7. The van der Waals surface area contributed by atoms with Crippen molar-refractivity contribution in [3.05, 3.63) is 34.4 Å². The molecule has 0 aliphatic carbocycles. The average molecular weight is 430 g/mol. The maximum atomic E-state index is 11.6. The van der Waals surface area contributed by atoms with Gasteiger partial charge in [0.2, 0.25) is 0 Å². The van der Waals surface area contributed by atoms with Crippen molar-refractivity contribution in [3.8, 4) is 0 Å². The summed E-state index contributed by atoms with van der Waals surface area (Å²) >= 11 is 0. The van der Waals surface area contributed by atoms with Gasteiger partial charge in [0, 0.05) is 26.4 Å². The van der Waals surface area contributed by atoms with Crippen LogP contribution >= 0.6 is 0 Å². The number of carboxylic acids is 2. The first-order valence-electron chi connectivity index (χ1n) is 9.66. The van der Waals surface area contributed by atoms with Crippen molar-refractivity contribution in [1.29, 1.82) is 0 Å². The van der Waals surface area contributed by atoms with E-state index < -0.39 is 11.9 Å². The molecule has 1 aromatic carbocycles. The van der Waals surface area contributed by atoms with E-state index in [1.165, 1.54) is 6.07 Å². The van der Waals surface area contributed by atoms with Gasteiger partial charge >= 0.3 is 11.9 Å². The second-order valence-electron chi connectivity index (χ2n) is 6.37. The number of unbranched alkanes of at least 4 members (excludes halogenated alkanes) is 2. The summed E-state index contributed by atoms with van der Waals surface area (Å²) in [5, 5.41) is 35.9. The minimum Gasteiger partial charge on any atom is -0.478 e. The van der Waals surface area contributed by atoms with Crippen LogP contribution in [0.2, 0.25) is 0 Å². The first kappa shape index (κ1) is 26.0. The van der Waals surface area contributed by atoms with Gasteiger partial charge in [0.05, 0.1) is 24.3 Å². The molecule has 10 nitrogen and oxygen atoms in total. The quantitative estimate of drug-likeness (QED) is 0.200. The van der Waals surface area contributed by atoms with E-state index in [1.807, 2.05) is 0 Å². The second kappa shape index (κ2) is 15.7. The first-order valence-corrected chi connectivity index (χ1v) is 9.66. The van der Waals surface area contributed by atoms with Crippen molar-refractivity contribution in [2.75, 3.05) is 40.0 Å². The van der Waals surface area contributed by atoms with E-state index in [2.05, 4.69) is 0 Å². The Balaban J connectivity index is 2.70. The van der Waals surface area contributed by atoms with Crippen molar-refractivity contribution in [2.45, 2.75) is 38.9 Å². The van der Waals surface area contributed by atoms with Gasteiger partial charge in [-0.15, -0.1) is 0 Å². The van der Waals surface area contributed by atoms with Gasteiger partial charge in [-0.1, -0.05) is 0 Å². The van der Waals surface area contributed by atoms with Crippen LogP contribution in [0.3, 0.4) is 0 Å². The Kier molecular flexibility index (Phi) is 13.6. The number of hydrogen-bond donors (Lipinski definition) is 4. The molecular weight excluding hydrogens is 400 g/mol. The summed E-state index contributed by atoms with van der Waals surface area (Å²) in [4.78, 5) is 23.1. The molecule has 0 aliphatic rings. The number of aromatic carboxylic acids is 2. The molecule has 0 saturated heterocycles. The SMILES string of the molecule is O=C(O)c1cc(C(=O)O)c(COCCCCOCO)cc1COCCCCOCO. The standard InChI is InChI=1S/C20H30O10/c21-13-29-7-3-1-5-27-11-15-9-16(12-28-6-2-4-8-30-14-22)18(20(25)26)10-17(15)19(23)24/h9-10,21-22H,1-8,11-14H2,(H,23,24)(H,25,26). The fraction of sp³-hybridized carbons (Fsp3) is 0.600. The third-order valence-corrected chi connectivity index (χ3v) is 4.14. The molecule has 4 N–H and O–H groups in total. The van der Waals surface area contributed by atoms with Gasteiger partial charge in [0.15, 0.2) is 0 Å². The fourth-order valence-corrected chi connectivity index (χ4v) is 2.64. The lowest BCUT2D eigenvalue weighted by molar-refractivity contribution is -0.00548. The lowest BCUT2D eigenvalue weighted by Crippen LogP contribution is -2.12. The van der Waals surface area contributed by atoms with Crippen LogP contribution in [-0.2, 0) is 32.2 Å². The number of benzene rings is 1. The Morgan fingerprint density at radius 1 is 0.633 bits per heavy atom. The van der Waals surface area contributed by atoms with Crippen LogP contribution in [0.1, 0.15) is 57.5 Å². The summed E-state index contributed by atoms with van der Waals surface area (Å²) in [6.45, 7) is 0.927. The Morgan fingerprint density at radius 3 is 1.33 bits per heavy atom. The highest BCUT2D eigenvalue weighted by atomic mass is 16.6. The molecule has 0 radical (unpaired) electrons. The molecule has 0 aliphatic heterocycles. The van der Waals surface area contributed by atoms with Crippen LogP contribution in [0.25, 0.3) is 0 Å².